The number of hydrogen-bond donors (Lipinski definition) is 1. The van der Waals surface area contributed by atoms with Crippen molar-refractivity contribution in [2.45, 2.75) is 65.5 Å². The lowest BCUT2D eigenvalue weighted by Crippen LogP contribution is -2.29. The summed E-state index contributed by atoms with van der Waals surface area (Å²) in [4.78, 5) is 0. The Bertz CT molecular complexity index is 419. The third-order valence-electron chi connectivity index (χ3n) is 4.95. The first-order chi connectivity index (χ1) is 8.99. The monoisotopic (exact) mass is 376 g/mol. The molecule has 0 radical (unpaired) electrons. The van der Waals surface area contributed by atoms with Gasteiger partial charge in [-0.05, 0) is 59.6 Å². The summed E-state index contributed by atoms with van der Waals surface area (Å²) >= 11 is 2.33. The van der Waals surface area contributed by atoms with E-state index in [9.17, 15) is 0 Å². The molecule has 0 amide bonds. The van der Waals surface area contributed by atoms with Crippen molar-refractivity contribution in [1.29, 1.82) is 0 Å². The summed E-state index contributed by atoms with van der Waals surface area (Å²) in [5, 5.41) is 8.47. The number of hydrogen-bond acceptors (Lipinski definition) is 3. The summed E-state index contributed by atoms with van der Waals surface area (Å²) in [5.41, 5.74) is 7.07. The van der Waals surface area contributed by atoms with Gasteiger partial charge in [0.2, 0.25) is 0 Å². The Balaban J connectivity index is 2.02. The van der Waals surface area contributed by atoms with Gasteiger partial charge in [0.15, 0.2) is 0 Å². The Labute approximate surface area is 129 Å². The van der Waals surface area contributed by atoms with Gasteiger partial charge in [-0.15, -0.1) is 5.10 Å². The van der Waals surface area contributed by atoms with Crippen LogP contribution >= 0.6 is 22.6 Å². The minimum Gasteiger partial charge on any atom is -0.325 e. The van der Waals surface area contributed by atoms with Crippen molar-refractivity contribution < 1.29 is 0 Å². The largest absolute Gasteiger partial charge is 0.325 e. The Morgan fingerprint density at radius 1 is 1.32 bits per heavy atom. The van der Waals surface area contributed by atoms with Crippen LogP contribution in [0.5, 0.6) is 0 Å². The molecule has 19 heavy (non-hydrogen) atoms. The van der Waals surface area contributed by atoms with Crippen LogP contribution in [0.25, 0.3) is 0 Å². The molecular formula is C14H25IN4. The molecule has 0 aromatic carbocycles. The number of halogens is 1. The fourth-order valence-electron chi connectivity index (χ4n) is 3.06. The Morgan fingerprint density at radius 3 is 2.42 bits per heavy atom. The molecule has 0 bridgehead atoms. The van der Waals surface area contributed by atoms with E-state index in [0.29, 0.717) is 18.0 Å². The average molecular weight is 376 g/mol. The highest BCUT2D eigenvalue weighted by atomic mass is 127. The molecule has 1 fully saturated rings. The Kier molecular flexibility index (Phi) is 4.87. The fourth-order valence-corrected chi connectivity index (χ4v) is 3.88. The highest BCUT2D eigenvalue weighted by Gasteiger charge is 2.33. The van der Waals surface area contributed by atoms with Crippen molar-refractivity contribution in [2.75, 3.05) is 0 Å². The second-order valence-corrected chi connectivity index (χ2v) is 7.35. The second kappa shape index (κ2) is 6.08. The van der Waals surface area contributed by atoms with E-state index < -0.39 is 0 Å². The molecule has 1 aliphatic carbocycles. The van der Waals surface area contributed by atoms with E-state index in [0.717, 1.165) is 15.3 Å². The lowest BCUT2D eigenvalue weighted by Gasteiger charge is -2.38. The van der Waals surface area contributed by atoms with Crippen molar-refractivity contribution in [3.63, 3.8) is 0 Å². The maximum absolute atomic E-state index is 5.67. The molecule has 1 heterocycles. The van der Waals surface area contributed by atoms with Gasteiger partial charge in [-0.3, -0.25) is 0 Å². The number of nitrogens with two attached hydrogens (primary N) is 1. The first kappa shape index (κ1) is 15.2. The van der Waals surface area contributed by atoms with E-state index >= 15 is 0 Å². The predicted octanol–water partition coefficient (Wildman–Crippen LogP) is 3.51. The Morgan fingerprint density at radius 2 is 1.95 bits per heavy atom. The van der Waals surface area contributed by atoms with Crippen LogP contribution in [0, 0.1) is 15.0 Å². The van der Waals surface area contributed by atoms with E-state index in [2.05, 4.69) is 58.4 Å². The average Bonchev–Trinajstić information content (AvgIpc) is 2.80. The zero-order valence-corrected chi connectivity index (χ0v) is 14.4. The fraction of sp³-hybridized carbons (Fsp3) is 0.857. The van der Waals surface area contributed by atoms with E-state index in [1.165, 1.54) is 32.1 Å². The van der Waals surface area contributed by atoms with Gasteiger partial charge in [-0.25, -0.2) is 4.68 Å². The lowest BCUT2D eigenvalue weighted by molar-refractivity contribution is 0.125. The third-order valence-corrected chi connectivity index (χ3v) is 6.07. The summed E-state index contributed by atoms with van der Waals surface area (Å²) in [5.74, 6) is 0.851. The van der Waals surface area contributed by atoms with Gasteiger partial charge in [-0.2, -0.15) is 0 Å². The molecule has 0 atom stereocenters. The first-order valence-corrected chi connectivity index (χ1v) is 8.37. The van der Waals surface area contributed by atoms with Crippen molar-refractivity contribution in [2.24, 2.45) is 17.1 Å². The minimum atomic E-state index is 0.475. The molecular weight excluding hydrogens is 351 g/mol. The van der Waals surface area contributed by atoms with Crippen LogP contribution in [0.3, 0.4) is 0 Å². The van der Waals surface area contributed by atoms with E-state index in [-0.39, 0.29) is 0 Å². The second-order valence-electron chi connectivity index (χ2n) is 6.32. The van der Waals surface area contributed by atoms with Crippen molar-refractivity contribution in [3.8, 4) is 0 Å². The van der Waals surface area contributed by atoms with Gasteiger partial charge in [0, 0.05) is 6.54 Å². The molecule has 0 unspecified atom stereocenters. The summed E-state index contributed by atoms with van der Waals surface area (Å²) in [6, 6.07) is 0.517. The maximum Gasteiger partial charge on any atom is 0.124 e. The normalized spacial score (nSPS) is 24.7. The van der Waals surface area contributed by atoms with Crippen LogP contribution < -0.4 is 5.73 Å². The van der Waals surface area contributed by atoms with E-state index in [4.69, 9.17) is 5.73 Å². The molecule has 5 heteroatoms. The van der Waals surface area contributed by atoms with Gasteiger partial charge in [0.1, 0.15) is 9.39 Å². The molecule has 0 saturated heterocycles. The highest BCUT2D eigenvalue weighted by molar-refractivity contribution is 14.1. The standard InChI is InChI=1S/C14H25IN4/c1-4-14(2,3)10-5-7-11(8-6-10)19-13(15)12(9-16)17-18-19/h10-11H,4-9,16H2,1-3H3. The van der Waals surface area contributed by atoms with Crippen LogP contribution in [0.15, 0.2) is 0 Å². The van der Waals surface area contributed by atoms with Crippen LogP contribution in [0.1, 0.15) is 64.6 Å². The maximum atomic E-state index is 5.67. The van der Waals surface area contributed by atoms with Gasteiger partial charge in [0.05, 0.1) is 6.04 Å². The molecule has 2 rings (SSSR count). The SMILES string of the molecule is CCC(C)(C)C1CCC(n2nnc(CN)c2I)CC1. The van der Waals surface area contributed by atoms with Crippen molar-refractivity contribution in [1.82, 2.24) is 15.0 Å². The molecule has 4 nitrogen and oxygen atoms in total. The highest BCUT2D eigenvalue weighted by Crippen LogP contribution is 2.43. The lowest BCUT2D eigenvalue weighted by atomic mass is 9.69. The third kappa shape index (κ3) is 3.12. The number of nitrogens with zero attached hydrogens (tertiary/aromatic N) is 3. The first-order valence-electron chi connectivity index (χ1n) is 7.29. The summed E-state index contributed by atoms with van der Waals surface area (Å²) < 4.78 is 3.22. The molecule has 0 aliphatic heterocycles. The smallest absolute Gasteiger partial charge is 0.124 e. The van der Waals surface area contributed by atoms with Crippen molar-refractivity contribution in [3.05, 3.63) is 9.39 Å². The topological polar surface area (TPSA) is 56.7 Å². The quantitative estimate of drug-likeness (QED) is 0.819. The van der Waals surface area contributed by atoms with Crippen LogP contribution in [0.4, 0.5) is 0 Å². The van der Waals surface area contributed by atoms with Crippen LogP contribution in [-0.4, -0.2) is 15.0 Å². The van der Waals surface area contributed by atoms with Gasteiger partial charge >= 0.3 is 0 Å². The van der Waals surface area contributed by atoms with Crippen molar-refractivity contribution >= 4 is 22.6 Å². The number of rotatable bonds is 4. The van der Waals surface area contributed by atoms with E-state index in [1.807, 2.05) is 0 Å². The van der Waals surface area contributed by atoms with Crippen LogP contribution in [-0.2, 0) is 6.54 Å². The molecule has 0 spiro atoms. The molecule has 1 aromatic rings. The van der Waals surface area contributed by atoms with E-state index in [1.54, 1.807) is 0 Å². The summed E-state index contributed by atoms with van der Waals surface area (Å²) in [6.07, 6.45) is 6.31. The summed E-state index contributed by atoms with van der Waals surface area (Å²) in [7, 11) is 0. The Hall–Kier alpha value is -0.170. The van der Waals surface area contributed by atoms with Gasteiger partial charge in [0.25, 0.3) is 0 Å². The van der Waals surface area contributed by atoms with Gasteiger partial charge < -0.3 is 5.73 Å². The molecule has 1 aliphatic rings. The van der Waals surface area contributed by atoms with Gasteiger partial charge in [-0.1, -0.05) is 32.4 Å². The minimum absolute atomic E-state index is 0.475. The summed E-state index contributed by atoms with van der Waals surface area (Å²) in [6.45, 7) is 7.60. The molecule has 1 saturated carbocycles. The number of aromatic nitrogens is 3. The predicted molar refractivity (Wildman–Crippen MR) is 85.7 cm³/mol. The molecule has 2 N–H and O–H groups in total. The molecule has 1 aromatic heterocycles. The molecule has 108 valence electrons. The zero-order chi connectivity index (χ0) is 14.0. The zero-order valence-electron chi connectivity index (χ0n) is 12.2. The van der Waals surface area contributed by atoms with Crippen LogP contribution in [0.2, 0.25) is 0 Å².